The van der Waals surface area contributed by atoms with E-state index in [1.807, 2.05) is 10.6 Å². The predicted octanol–water partition coefficient (Wildman–Crippen LogP) is 2.37. The number of aromatic nitrogens is 4. The Labute approximate surface area is 89.3 Å². The lowest BCUT2D eigenvalue weighted by Gasteiger charge is -2.15. The van der Waals surface area contributed by atoms with Crippen molar-refractivity contribution < 1.29 is 0 Å². The molecule has 0 spiro atoms. The van der Waals surface area contributed by atoms with Crippen molar-refractivity contribution in [1.82, 2.24) is 20.0 Å². The second-order valence-corrected chi connectivity index (χ2v) is 4.43. The Bertz CT molecular complexity index is 470. The smallest absolute Gasteiger partial charge is 0.179 e. The normalized spacial score (nSPS) is 11.9. The van der Waals surface area contributed by atoms with E-state index in [9.17, 15) is 0 Å². The Morgan fingerprint density at radius 3 is 2.40 bits per heavy atom. The zero-order chi connectivity index (χ0) is 11.0. The van der Waals surface area contributed by atoms with Crippen LogP contribution in [-0.2, 0) is 0 Å². The highest BCUT2D eigenvalue weighted by molar-refractivity contribution is 5.42. The number of tetrazole rings is 1. The maximum atomic E-state index is 4.04. The summed E-state index contributed by atoms with van der Waals surface area (Å²) in [6.45, 7) is 8.72. The third-order valence-corrected chi connectivity index (χ3v) is 2.60. The van der Waals surface area contributed by atoms with Gasteiger partial charge < -0.3 is 0 Å². The van der Waals surface area contributed by atoms with Crippen LogP contribution in [0.1, 0.15) is 50.8 Å². The molecule has 0 N–H and O–H groups in total. The number of nitrogens with zero attached hydrogens (tertiary/aromatic N) is 4. The molecule has 4 heteroatoms. The highest BCUT2D eigenvalue weighted by Gasteiger charge is 2.15. The van der Waals surface area contributed by atoms with E-state index >= 15 is 0 Å². The molecule has 0 atom stereocenters. The van der Waals surface area contributed by atoms with Gasteiger partial charge in [-0.2, -0.15) is 4.52 Å². The van der Waals surface area contributed by atoms with Gasteiger partial charge >= 0.3 is 0 Å². The first-order valence-electron chi connectivity index (χ1n) is 5.32. The van der Waals surface area contributed by atoms with Gasteiger partial charge in [-0.05, 0) is 33.9 Å². The first-order valence-corrected chi connectivity index (χ1v) is 5.32. The molecule has 15 heavy (non-hydrogen) atoms. The van der Waals surface area contributed by atoms with Crippen LogP contribution >= 0.6 is 0 Å². The molecule has 2 heterocycles. The molecule has 0 unspecified atom stereocenters. The van der Waals surface area contributed by atoms with E-state index in [-0.39, 0.29) is 0 Å². The van der Waals surface area contributed by atoms with E-state index in [4.69, 9.17) is 0 Å². The molecule has 0 aromatic carbocycles. The average Bonchev–Trinajstić information content (AvgIpc) is 2.62. The van der Waals surface area contributed by atoms with Gasteiger partial charge in [0, 0.05) is 0 Å². The molecule has 0 aliphatic carbocycles. The van der Waals surface area contributed by atoms with Gasteiger partial charge in [-0.25, -0.2) is 0 Å². The fourth-order valence-electron chi connectivity index (χ4n) is 1.91. The minimum Gasteiger partial charge on any atom is -0.197 e. The van der Waals surface area contributed by atoms with Gasteiger partial charge in [0.1, 0.15) is 0 Å². The topological polar surface area (TPSA) is 43.1 Å². The van der Waals surface area contributed by atoms with Crippen molar-refractivity contribution in [3.05, 3.63) is 23.4 Å². The van der Waals surface area contributed by atoms with E-state index in [2.05, 4.69) is 49.3 Å². The Balaban J connectivity index is 2.75. The van der Waals surface area contributed by atoms with Crippen molar-refractivity contribution in [3.8, 4) is 0 Å². The third-order valence-electron chi connectivity index (χ3n) is 2.60. The number of hydrogen-bond acceptors (Lipinski definition) is 3. The SMILES string of the molecule is CC(C)c1ccc2nnnn2c1C(C)C. The lowest BCUT2D eigenvalue weighted by molar-refractivity contribution is 0.691. The van der Waals surface area contributed by atoms with E-state index in [1.165, 1.54) is 11.3 Å². The minimum absolute atomic E-state index is 0.426. The Kier molecular flexibility index (Phi) is 2.42. The first-order chi connectivity index (χ1) is 7.11. The molecule has 0 bridgehead atoms. The van der Waals surface area contributed by atoms with E-state index < -0.39 is 0 Å². The van der Waals surface area contributed by atoms with Crippen LogP contribution in [0.2, 0.25) is 0 Å². The Hall–Kier alpha value is -1.45. The van der Waals surface area contributed by atoms with Gasteiger partial charge in [0.2, 0.25) is 0 Å². The third kappa shape index (κ3) is 1.60. The fraction of sp³-hybridized carbons (Fsp3) is 0.545. The number of pyridine rings is 1. The summed E-state index contributed by atoms with van der Waals surface area (Å²) < 4.78 is 1.85. The summed E-state index contributed by atoms with van der Waals surface area (Å²) in [6.07, 6.45) is 0. The molecular formula is C11H16N4. The largest absolute Gasteiger partial charge is 0.197 e. The van der Waals surface area contributed by atoms with Crippen LogP contribution in [0.3, 0.4) is 0 Å². The number of fused-ring (bicyclic) bond motifs is 1. The second-order valence-electron chi connectivity index (χ2n) is 4.43. The van der Waals surface area contributed by atoms with E-state index in [0.29, 0.717) is 11.8 Å². The summed E-state index contributed by atoms with van der Waals surface area (Å²) >= 11 is 0. The van der Waals surface area contributed by atoms with Crippen molar-refractivity contribution in [2.24, 2.45) is 0 Å². The quantitative estimate of drug-likeness (QED) is 0.754. The van der Waals surface area contributed by atoms with Crippen LogP contribution in [0.25, 0.3) is 5.65 Å². The molecule has 2 rings (SSSR count). The van der Waals surface area contributed by atoms with Crippen LogP contribution in [0.15, 0.2) is 12.1 Å². The standard InChI is InChI=1S/C11H16N4/c1-7(2)9-5-6-10-12-13-14-15(10)11(9)8(3)4/h5-8H,1-4H3. The van der Waals surface area contributed by atoms with E-state index in [0.717, 1.165) is 5.65 Å². The van der Waals surface area contributed by atoms with Crippen LogP contribution in [0.5, 0.6) is 0 Å². The van der Waals surface area contributed by atoms with Crippen molar-refractivity contribution in [2.75, 3.05) is 0 Å². The van der Waals surface area contributed by atoms with Crippen LogP contribution < -0.4 is 0 Å². The number of hydrogen-bond donors (Lipinski definition) is 0. The van der Waals surface area contributed by atoms with Gasteiger partial charge in [0.05, 0.1) is 5.69 Å². The van der Waals surface area contributed by atoms with Gasteiger partial charge in [-0.1, -0.05) is 33.8 Å². The van der Waals surface area contributed by atoms with Crippen molar-refractivity contribution in [1.29, 1.82) is 0 Å². The first kappa shape index (κ1) is 10.1. The summed E-state index contributed by atoms with van der Waals surface area (Å²) in [4.78, 5) is 0. The molecule has 0 saturated carbocycles. The van der Waals surface area contributed by atoms with Gasteiger partial charge in [-0.15, -0.1) is 5.10 Å². The zero-order valence-corrected chi connectivity index (χ0v) is 9.60. The monoisotopic (exact) mass is 204 g/mol. The molecule has 0 amide bonds. The van der Waals surface area contributed by atoms with Crippen LogP contribution in [0.4, 0.5) is 0 Å². The van der Waals surface area contributed by atoms with Gasteiger partial charge in [-0.3, -0.25) is 0 Å². The Morgan fingerprint density at radius 1 is 1.07 bits per heavy atom. The summed E-state index contributed by atoms with van der Waals surface area (Å²) in [5.74, 6) is 0.922. The lowest BCUT2D eigenvalue weighted by atomic mass is 9.95. The summed E-state index contributed by atoms with van der Waals surface area (Å²) in [5.41, 5.74) is 3.36. The molecule has 0 aliphatic rings. The highest BCUT2D eigenvalue weighted by atomic mass is 15.5. The molecule has 2 aromatic rings. The van der Waals surface area contributed by atoms with Crippen LogP contribution in [0, 0.1) is 0 Å². The average molecular weight is 204 g/mol. The fourth-order valence-corrected chi connectivity index (χ4v) is 1.91. The van der Waals surface area contributed by atoms with Crippen molar-refractivity contribution >= 4 is 5.65 Å². The minimum atomic E-state index is 0.426. The zero-order valence-electron chi connectivity index (χ0n) is 9.60. The molecule has 80 valence electrons. The molecule has 0 fully saturated rings. The summed E-state index contributed by atoms with van der Waals surface area (Å²) in [7, 11) is 0. The molecule has 0 aliphatic heterocycles. The lowest BCUT2D eigenvalue weighted by Crippen LogP contribution is -2.07. The molecular weight excluding hydrogens is 188 g/mol. The Morgan fingerprint density at radius 2 is 1.80 bits per heavy atom. The maximum absolute atomic E-state index is 4.04. The predicted molar refractivity (Wildman–Crippen MR) is 59.0 cm³/mol. The van der Waals surface area contributed by atoms with Crippen molar-refractivity contribution in [2.45, 2.75) is 39.5 Å². The number of rotatable bonds is 2. The van der Waals surface area contributed by atoms with Crippen molar-refractivity contribution in [3.63, 3.8) is 0 Å². The van der Waals surface area contributed by atoms with Gasteiger partial charge in [0.15, 0.2) is 5.65 Å². The van der Waals surface area contributed by atoms with Gasteiger partial charge in [0.25, 0.3) is 0 Å². The summed E-state index contributed by atoms with van der Waals surface area (Å²) in [5, 5.41) is 11.7. The van der Waals surface area contributed by atoms with Crippen LogP contribution in [-0.4, -0.2) is 20.0 Å². The molecule has 0 radical (unpaired) electrons. The maximum Gasteiger partial charge on any atom is 0.179 e. The second kappa shape index (κ2) is 3.61. The molecule has 0 saturated heterocycles. The highest BCUT2D eigenvalue weighted by Crippen LogP contribution is 2.25. The van der Waals surface area contributed by atoms with E-state index in [1.54, 1.807) is 0 Å². The molecule has 4 nitrogen and oxygen atoms in total. The molecule has 2 aromatic heterocycles. The summed E-state index contributed by atoms with van der Waals surface area (Å²) in [6, 6.07) is 4.10.